The van der Waals surface area contributed by atoms with Gasteiger partial charge in [-0.2, -0.15) is 0 Å². The highest BCUT2D eigenvalue weighted by molar-refractivity contribution is 5.89. The van der Waals surface area contributed by atoms with Gasteiger partial charge >= 0.3 is 18.0 Å². The normalized spacial score (nSPS) is 20.9. The zero-order valence-electron chi connectivity index (χ0n) is 22.6. The summed E-state index contributed by atoms with van der Waals surface area (Å²) in [6.45, 7) is 5.21. The summed E-state index contributed by atoms with van der Waals surface area (Å²) >= 11 is 0. The first-order chi connectivity index (χ1) is 18.8. The van der Waals surface area contributed by atoms with E-state index in [0.29, 0.717) is 0 Å². The lowest BCUT2D eigenvalue weighted by atomic mass is 9.95. The van der Waals surface area contributed by atoms with Gasteiger partial charge in [-0.1, -0.05) is 92.7 Å². The first-order valence-electron chi connectivity index (χ1n) is 13.4. The van der Waals surface area contributed by atoms with Crippen LogP contribution in [0.15, 0.2) is 84.5 Å². The van der Waals surface area contributed by atoms with Crippen LogP contribution in [0.5, 0.6) is 0 Å². The van der Waals surface area contributed by atoms with Gasteiger partial charge in [0.25, 0.3) is 0 Å². The Morgan fingerprint density at radius 3 is 2.44 bits per heavy atom. The zero-order valence-corrected chi connectivity index (χ0v) is 22.6. The molecule has 0 saturated carbocycles. The van der Waals surface area contributed by atoms with Crippen molar-refractivity contribution in [1.29, 1.82) is 0 Å². The van der Waals surface area contributed by atoms with E-state index in [9.17, 15) is 14.4 Å². The molecule has 0 aromatic heterocycles. The van der Waals surface area contributed by atoms with E-state index < -0.39 is 30.2 Å². The number of carbonyl (C=O) groups excluding carboxylic acids is 3. The first kappa shape index (κ1) is 27.9. The van der Waals surface area contributed by atoms with Gasteiger partial charge in [-0.25, -0.2) is 14.4 Å². The molecule has 1 amide bonds. The van der Waals surface area contributed by atoms with Gasteiger partial charge in [-0.05, 0) is 53.5 Å². The number of amides is 1. The Bertz CT molecular complexity index is 1280. The Morgan fingerprint density at radius 1 is 0.923 bits per heavy atom. The van der Waals surface area contributed by atoms with E-state index >= 15 is 0 Å². The van der Waals surface area contributed by atoms with Crippen molar-refractivity contribution in [3.05, 3.63) is 101 Å². The largest absolute Gasteiger partial charge is 0.458 e. The molecule has 0 aliphatic heterocycles. The van der Waals surface area contributed by atoms with Crippen LogP contribution in [0, 0.1) is 5.92 Å². The number of hydrogen-bond acceptors (Lipinski definition) is 6. The van der Waals surface area contributed by atoms with Crippen LogP contribution < -0.4 is 5.32 Å². The van der Waals surface area contributed by atoms with E-state index in [0.717, 1.165) is 35.1 Å². The average Bonchev–Trinajstić information content (AvgIpc) is 3.20. The van der Waals surface area contributed by atoms with Crippen LogP contribution in [0.4, 0.5) is 4.79 Å². The second-order valence-electron chi connectivity index (χ2n) is 10.0. The van der Waals surface area contributed by atoms with Gasteiger partial charge in [0, 0.05) is 5.92 Å². The molecule has 204 valence electrons. The number of alkyl carbamates (subject to hydrolysis) is 1. The molecule has 2 aromatic rings. The Morgan fingerprint density at radius 2 is 1.67 bits per heavy atom. The quantitative estimate of drug-likeness (QED) is 0.323. The van der Waals surface area contributed by atoms with Crippen LogP contribution in [0.3, 0.4) is 0 Å². The minimum atomic E-state index is -1.13. The molecule has 4 rings (SSSR count). The maximum absolute atomic E-state index is 12.9. The molecule has 0 bridgehead atoms. The van der Waals surface area contributed by atoms with Crippen molar-refractivity contribution in [2.75, 3.05) is 6.61 Å². The third-order valence-corrected chi connectivity index (χ3v) is 6.83. The SMILES string of the molecule is CC(OC(=O)C(NC(=O)OCC1C2=C/C=C\CC/C=C\2c2ccccc21)C(C)C)C(=O)OCc1ccccc1. The Kier molecular flexibility index (Phi) is 9.36. The highest BCUT2D eigenvalue weighted by Crippen LogP contribution is 2.46. The van der Waals surface area contributed by atoms with Gasteiger partial charge in [0.1, 0.15) is 19.3 Å². The molecule has 1 N–H and O–H groups in total. The van der Waals surface area contributed by atoms with Gasteiger partial charge in [0.05, 0.1) is 0 Å². The highest BCUT2D eigenvalue weighted by Gasteiger charge is 2.33. The fraction of sp³-hybridized carbons (Fsp3) is 0.344. The van der Waals surface area contributed by atoms with Gasteiger partial charge in [0.2, 0.25) is 0 Å². The summed E-state index contributed by atoms with van der Waals surface area (Å²) in [5.74, 6) is -1.79. The molecule has 3 atom stereocenters. The highest BCUT2D eigenvalue weighted by atomic mass is 16.6. The number of nitrogens with one attached hydrogen (secondary N) is 1. The Hall–Kier alpha value is -4.13. The fourth-order valence-electron chi connectivity index (χ4n) is 4.73. The van der Waals surface area contributed by atoms with E-state index in [-0.39, 0.29) is 25.0 Å². The monoisotopic (exact) mass is 529 g/mol. The van der Waals surface area contributed by atoms with Crippen LogP contribution in [0.1, 0.15) is 56.2 Å². The molecule has 2 aromatic carbocycles. The Labute approximate surface area is 229 Å². The zero-order chi connectivity index (χ0) is 27.8. The topological polar surface area (TPSA) is 90.9 Å². The second kappa shape index (κ2) is 13.1. The molecule has 0 saturated heterocycles. The number of esters is 2. The lowest BCUT2D eigenvalue weighted by Crippen LogP contribution is -2.47. The predicted molar refractivity (Wildman–Crippen MR) is 149 cm³/mol. The lowest BCUT2D eigenvalue weighted by Gasteiger charge is -2.23. The number of ether oxygens (including phenoxy) is 3. The van der Waals surface area contributed by atoms with Crippen LogP contribution in [-0.2, 0) is 30.4 Å². The summed E-state index contributed by atoms with van der Waals surface area (Å²) in [4.78, 5) is 38.0. The van der Waals surface area contributed by atoms with Crippen molar-refractivity contribution in [3.63, 3.8) is 0 Å². The van der Waals surface area contributed by atoms with Crippen molar-refractivity contribution in [2.24, 2.45) is 5.92 Å². The van der Waals surface area contributed by atoms with E-state index in [4.69, 9.17) is 14.2 Å². The van der Waals surface area contributed by atoms with Crippen molar-refractivity contribution >= 4 is 23.6 Å². The van der Waals surface area contributed by atoms with Crippen LogP contribution >= 0.6 is 0 Å². The van der Waals surface area contributed by atoms with E-state index in [2.05, 4.69) is 41.8 Å². The summed E-state index contributed by atoms with van der Waals surface area (Å²) in [6.07, 6.45) is 8.59. The lowest BCUT2D eigenvalue weighted by molar-refractivity contribution is -0.169. The van der Waals surface area contributed by atoms with Crippen molar-refractivity contribution in [1.82, 2.24) is 5.32 Å². The molecule has 0 heterocycles. The van der Waals surface area contributed by atoms with E-state index in [1.165, 1.54) is 12.5 Å². The minimum Gasteiger partial charge on any atom is -0.458 e. The molecular weight excluding hydrogens is 494 g/mol. The van der Waals surface area contributed by atoms with Crippen molar-refractivity contribution < 1.29 is 28.6 Å². The maximum atomic E-state index is 12.9. The number of hydrogen-bond donors (Lipinski definition) is 1. The van der Waals surface area contributed by atoms with Gasteiger partial charge < -0.3 is 19.5 Å². The number of carbonyl (C=O) groups is 3. The molecule has 3 unspecified atom stereocenters. The molecule has 7 heteroatoms. The van der Waals surface area contributed by atoms with Gasteiger partial charge in [-0.15, -0.1) is 0 Å². The standard InChI is InChI=1S/C32H35NO6/c1-21(2)29(31(35)39-22(3)30(34)37-19-23-13-7-6-8-14-23)33-32(36)38-20-28-26-16-10-5-4-9-15-24(26)25-17-11-12-18-27(25)28/h5-8,10-18,21-22,28-29H,4,9,19-20H2,1-3H3,(H,33,36)/b10-5-,24-15-,26-16+. The van der Waals surface area contributed by atoms with Crippen molar-refractivity contribution in [3.8, 4) is 0 Å². The van der Waals surface area contributed by atoms with E-state index in [1.54, 1.807) is 13.8 Å². The molecule has 39 heavy (non-hydrogen) atoms. The summed E-state index contributed by atoms with van der Waals surface area (Å²) < 4.78 is 16.2. The Balaban J connectivity index is 1.34. The number of allylic oxidation sites excluding steroid dienone is 5. The van der Waals surface area contributed by atoms with E-state index in [1.807, 2.05) is 42.5 Å². The molecule has 2 aliphatic carbocycles. The van der Waals surface area contributed by atoms with Gasteiger partial charge in [0.15, 0.2) is 6.10 Å². The molecule has 0 radical (unpaired) electrons. The maximum Gasteiger partial charge on any atom is 0.407 e. The molecule has 2 aliphatic rings. The summed E-state index contributed by atoms with van der Waals surface area (Å²) in [7, 11) is 0. The third-order valence-electron chi connectivity index (χ3n) is 6.83. The summed E-state index contributed by atoms with van der Waals surface area (Å²) in [5.41, 5.74) is 5.39. The number of fused-ring (bicyclic) bond motifs is 3. The second-order valence-corrected chi connectivity index (χ2v) is 10.0. The smallest absolute Gasteiger partial charge is 0.407 e. The molecule has 0 fully saturated rings. The summed E-state index contributed by atoms with van der Waals surface area (Å²) in [5, 5.41) is 2.62. The fourth-order valence-corrected chi connectivity index (χ4v) is 4.73. The average molecular weight is 530 g/mol. The molecular formula is C32H35NO6. The number of rotatable bonds is 9. The minimum absolute atomic E-state index is 0.0766. The van der Waals surface area contributed by atoms with Crippen LogP contribution in [0.25, 0.3) is 5.57 Å². The summed E-state index contributed by atoms with van der Waals surface area (Å²) in [6, 6.07) is 16.4. The van der Waals surface area contributed by atoms with Crippen LogP contribution in [0.2, 0.25) is 0 Å². The van der Waals surface area contributed by atoms with Gasteiger partial charge in [-0.3, -0.25) is 0 Å². The number of benzene rings is 2. The molecule has 0 spiro atoms. The molecule has 7 nitrogen and oxygen atoms in total. The van der Waals surface area contributed by atoms with Crippen LogP contribution in [-0.4, -0.2) is 36.8 Å². The third kappa shape index (κ3) is 7.05. The first-order valence-corrected chi connectivity index (χ1v) is 13.4. The van der Waals surface area contributed by atoms with Crippen molar-refractivity contribution in [2.45, 2.75) is 58.3 Å². The predicted octanol–water partition coefficient (Wildman–Crippen LogP) is 5.87.